The van der Waals surface area contributed by atoms with Crippen molar-refractivity contribution >= 4 is 5.97 Å². The fourth-order valence-corrected chi connectivity index (χ4v) is 2.60. The maximum Gasteiger partial charge on any atom is 0.338 e. The van der Waals surface area contributed by atoms with Gasteiger partial charge in [-0.05, 0) is 31.4 Å². The lowest BCUT2D eigenvalue weighted by Crippen LogP contribution is -3.00. The summed E-state index contributed by atoms with van der Waals surface area (Å²) in [5.74, 6) is 1.09. The van der Waals surface area contributed by atoms with Gasteiger partial charge in [0.15, 0.2) is 11.5 Å². The highest BCUT2D eigenvalue weighted by molar-refractivity contribution is 5.91. The Balaban J connectivity index is 0.00000729. The minimum Gasteiger partial charge on any atom is -1.00 e. The standard InChI is InChI=1S/C21H36NO5.HI/c1-7-8-10-13-26-20-18(24-5)15-17(16-19(20)25-6)21(23)27-14-11-9-12-22(2,3)4;/h15-16H,7-14H2,1-6H3;1H/q+1;/p-1. The third-order valence-electron chi connectivity index (χ3n) is 4.15. The van der Waals surface area contributed by atoms with Gasteiger partial charge < -0.3 is 47.4 Å². The largest absolute Gasteiger partial charge is 1.00 e. The number of rotatable bonds is 13. The number of ether oxygens (including phenoxy) is 4. The Morgan fingerprint density at radius 3 is 2.00 bits per heavy atom. The topological polar surface area (TPSA) is 54.0 Å². The minimum atomic E-state index is -0.380. The van der Waals surface area contributed by atoms with Crippen molar-refractivity contribution in [2.75, 3.05) is 55.1 Å². The molecule has 0 atom stereocenters. The molecule has 0 N–H and O–H groups in total. The molecule has 7 heteroatoms. The normalized spacial score (nSPS) is 10.8. The zero-order valence-electron chi connectivity index (χ0n) is 18.2. The summed E-state index contributed by atoms with van der Waals surface area (Å²) in [4.78, 5) is 12.4. The molecule has 6 nitrogen and oxygen atoms in total. The lowest BCUT2D eigenvalue weighted by atomic mass is 10.2. The molecule has 162 valence electrons. The Kier molecular flexibility index (Phi) is 13.3. The molecule has 1 aromatic rings. The van der Waals surface area contributed by atoms with E-state index < -0.39 is 0 Å². The molecular formula is C21H36INO5. The molecule has 0 aromatic heterocycles. The second kappa shape index (κ2) is 13.9. The number of nitrogens with zero attached hydrogens (tertiary/aromatic N) is 1. The van der Waals surface area contributed by atoms with Gasteiger partial charge in [0.1, 0.15) is 0 Å². The number of methoxy groups -OCH3 is 2. The van der Waals surface area contributed by atoms with Crippen LogP contribution in [0.15, 0.2) is 12.1 Å². The zero-order chi connectivity index (χ0) is 20.3. The molecule has 0 aliphatic heterocycles. The Morgan fingerprint density at radius 1 is 0.929 bits per heavy atom. The van der Waals surface area contributed by atoms with Crippen molar-refractivity contribution in [3.05, 3.63) is 17.7 Å². The Hall–Kier alpha value is -1.22. The van der Waals surface area contributed by atoms with Crippen molar-refractivity contribution in [3.63, 3.8) is 0 Å². The van der Waals surface area contributed by atoms with Gasteiger partial charge >= 0.3 is 5.97 Å². The van der Waals surface area contributed by atoms with E-state index in [-0.39, 0.29) is 29.9 Å². The Labute approximate surface area is 187 Å². The minimum absolute atomic E-state index is 0. The van der Waals surface area contributed by atoms with Crippen LogP contribution in [0.25, 0.3) is 0 Å². The lowest BCUT2D eigenvalue weighted by molar-refractivity contribution is -0.870. The predicted octanol–water partition coefficient (Wildman–Crippen LogP) is 0.920. The van der Waals surface area contributed by atoms with E-state index in [1.165, 1.54) is 0 Å². The second-order valence-electron chi connectivity index (χ2n) is 7.62. The van der Waals surface area contributed by atoms with E-state index in [1.807, 2.05) is 0 Å². The van der Waals surface area contributed by atoms with Crippen LogP contribution in [0, 0.1) is 0 Å². The average Bonchev–Trinajstić information content (AvgIpc) is 2.63. The van der Waals surface area contributed by atoms with Crippen LogP contribution in [0.1, 0.15) is 49.4 Å². The van der Waals surface area contributed by atoms with Crippen LogP contribution in [0.3, 0.4) is 0 Å². The van der Waals surface area contributed by atoms with Crippen LogP contribution in [0.5, 0.6) is 17.2 Å². The van der Waals surface area contributed by atoms with Crippen LogP contribution in [-0.4, -0.2) is 65.6 Å². The Bertz CT molecular complexity index is 562. The van der Waals surface area contributed by atoms with Gasteiger partial charge in [-0.1, -0.05) is 19.8 Å². The van der Waals surface area contributed by atoms with Gasteiger partial charge in [0, 0.05) is 0 Å². The van der Waals surface area contributed by atoms with Gasteiger partial charge in [-0.15, -0.1) is 0 Å². The molecule has 0 aliphatic carbocycles. The van der Waals surface area contributed by atoms with Crippen molar-refractivity contribution in [1.29, 1.82) is 0 Å². The van der Waals surface area contributed by atoms with Gasteiger partial charge in [0.05, 0.1) is 60.7 Å². The van der Waals surface area contributed by atoms with Crippen LogP contribution < -0.4 is 38.2 Å². The van der Waals surface area contributed by atoms with Gasteiger partial charge in [-0.3, -0.25) is 0 Å². The van der Waals surface area contributed by atoms with Crippen molar-refractivity contribution in [1.82, 2.24) is 0 Å². The molecule has 0 bridgehead atoms. The fourth-order valence-electron chi connectivity index (χ4n) is 2.60. The van der Waals surface area contributed by atoms with Gasteiger partial charge in [0.2, 0.25) is 5.75 Å². The highest BCUT2D eigenvalue weighted by atomic mass is 127. The van der Waals surface area contributed by atoms with Gasteiger partial charge in [-0.25, -0.2) is 4.79 Å². The van der Waals surface area contributed by atoms with E-state index in [9.17, 15) is 4.79 Å². The van der Waals surface area contributed by atoms with Gasteiger partial charge in [-0.2, -0.15) is 0 Å². The first-order chi connectivity index (χ1) is 12.8. The highest BCUT2D eigenvalue weighted by Crippen LogP contribution is 2.39. The monoisotopic (exact) mass is 509 g/mol. The summed E-state index contributed by atoms with van der Waals surface area (Å²) in [6.07, 6.45) is 5.03. The smallest absolute Gasteiger partial charge is 0.338 e. The van der Waals surface area contributed by atoms with Crippen LogP contribution in [-0.2, 0) is 4.74 Å². The first-order valence-corrected chi connectivity index (χ1v) is 9.68. The summed E-state index contributed by atoms with van der Waals surface area (Å²) in [7, 11) is 9.55. The molecule has 0 fully saturated rings. The van der Waals surface area contributed by atoms with Crippen molar-refractivity contribution in [2.24, 2.45) is 0 Å². The number of carbonyl (C=O) groups excluding carboxylic acids is 1. The molecule has 0 amide bonds. The predicted molar refractivity (Wildman–Crippen MR) is 107 cm³/mol. The first-order valence-electron chi connectivity index (χ1n) is 9.68. The summed E-state index contributed by atoms with van der Waals surface area (Å²) in [6.45, 7) is 4.17. The number of hydrogen-bond donors (Lipinski definition) is 0. The van der Waals surface area contributed by atoms with E-state index in [0.29, 0.717) is 36.0 Å². The van der Waals surface area contributed by atoms with E-state index in [0.717, 1.165) is 43.1 Å². The molecule has 0 heterocycles. The van der Waals surface area contributed by atoms with E-state index in [4.69, 9.17) is 18.9 Å². The van der Waals surface area contributed by atoms with Crippen LogP contribution >= 0.6 is 0 Å². The molecule has 0 spiro atoms. The molecule has 0 unspecified atom stereocenters. The molecule has 0 saturated heterocycles. The summed E-state index contributed by atoms with van der Waals surface area (Å²) in [5.41, 5.74) is 0.399. The molecule has 1 aromatic carbocycles. The molecule has 0 radical (unpaired) electrons. The summed E-state index contributed by atoms with van der Waals surface area (Å²) in [6, 6.07) is 3.29. The summed E-state index contributed by atoms with van der Waals surface area (Å²) in [5, 5.41) is 0. The second-order valence-corrected chi connectivity index (χ2v) is 7.62. The SMILES string of the molecule is CCCCCOc1c(OC)cc(C(=O)OCCCC[N+](C)(C)C)cc1OC.[I-]. The number of benzene rings is 1. The summed E-state index contributed by atoms with van der Waals surface area (Å²) >= 11 is 0. The van der Waals surface area contributed by atoms with Gasteiger partial charge in [0.25, 0.3) is 0 Å². The van der Waals surface area contributed by atoms with Crippen LogP contribution in [0.4, 0.5) is 0 Å². The number of carbonyl (C=O) groups is 1. The fraction of sp³-hybridized carbons (Fsp3) is 0.667. The van der Waals surface area contributed by atoms with Crippen molar-refractivity contribution < 1.29 is 52.2 Å². The molecular weight excluding hydrogens is 473 g/mol. The van der Waals surface area contributed by atoms with E-state index >= 15 is 0 Å². The number of esters is 1. The number of hydrogen-bond acceptors (Lipinski definition) is 5. The molecule has 28 heavy (non-hydrogen) atoms. The van der Waals surface area contributed by atoms with E-state index in [1.54, 1.807) is 26.4 Å². The highest BCUT2D eigenvalue weighted by Gasteiger charge is 2.18. The first kappa shape index (κ1) is 26.8. The lowest BCUT2D eigenvalue weighted by Gasteiger charge is -2.23. The van der Waals surface area contributed by atoms with Crippen molar-refractivity contribution in [3.8, 4) is 17.2 Å². The molecule has 0 aliphatic rings. The maximum atomic E-state index is 12.4. The third-order valence-corrected chi connectivity index (χ3v) is 4.15. The zero-order valence-corrected chi connectivity index (χ0v) is 20.3. The molecule has 0 saturated carbocycles. The third kappa shape index (κ3) is 9.82. The quantitative estimate of drug-likeness (QED) is 0.171. The number of quaternary nitrogens is 1. The Morgan fingerprint density at radius 2 is 1.50 bits per heavy atom. The number of unbranched alkanes of at least 4 members (excludes halogenated alkanes) is 3. The van der Waals surface area contributed by atoms with Crippen molar-refractivity contribution in [2.45, 2.75) is 39.0 Å². The van der Waals surface area contributed by atoms with E-state index in [2.05, 4.69) is 28.1 Å². The number of halogens is 1. The maximum absolute atomic E-state index is 12.4. The average molecular weight is 509 g/mol. The molecule has 1 rings (SSSR count). The summed E-state index contributed by atoms with van der Waals surface area (Å²) < 4.78 is 22.9. The van der Waals surface area contributed by atoms with Crippen LogP contribution in [0.2, 0.25) is 0 Å².